The molecule has 0 radical (unpaired) electrons. The molecule has 5 heterocycles. The molecular weight excluding hydrogens is 641 g/mol. The van der Waals surface area contributed by atoms with E-state index in [9.17, 15) is 0 Å². The van der Waals surface area contributed by atoms with Gasteiger partial charge >= 0.3 is 0 Å². The number of fused-ring (bicyclic) bond motifs is 12. The van der Waals surface area contributed by atoms with Crippen LogP contribution in [0.15, 0.2) is 167 Å². The summed E-state index contributed by atoms with van der Waals surface area (Å²) in [6, 6.07) is 53.0. The van der Waals surface area contributed by atoms with Crippen LogP contribution in [0.3, 0.4) is 0 Å². The van der Waals surface area contributed by atoms with Crippen molar-refractivity contribution in [1.29, 1.82) is 0 Å². The highest BCUT2D eigenvalue weighted by atomic mass is 16.3. The summed E-state index contributed by atoms with van der Waals surface area (Å²) in [5, 5.41) is 7.75. The van der Waals surface area contributed by atoms with Crippen molar-refractivity contribution in [1.82, 2.24) is 19.1 Å². The highest BCUT2D eigenvalue weighted by Gasteiger charge is 2.24. The monoisotopic (exact) mass is 666 g/mol. The molecule has 0 saturated heterocycles. The van der Waals surface area contributed by atoms with E-state index in [4.69, 9.17) is 18.8 Å². The standard InChI is InChI=1S/C46H26N4O2/c1-6-16-34-28(11-1)29-12-2-7-17-35(29)49(34)27-21-23-40-33(25-27)45-42(52-40)26-47-46(48-45)44-38(22-24-41-43(44)32-15-5-10-20-39(32)51-41)50-36-18-8-3-13-30(36)31-14-4-9-19-37(31)50/h1-26H. The van der Waals surface area contributed by atoms with Crippen LogP contribution in [0.1, 0.15) is 0 Å². The van der Waals surface area contributed by atoms with Crippen LogP contribution in [0, 0.1) is 0 Å². The topological polar surface area (TPSA) is 61.9 Å². The number of nitrogens with zero attached hydrogens (tertiary/aromatic N) is 4. The van der Waals surface area contributed by atoms with Gasteiger partial charge in [0.05, 0.1) is 39.5 Å². The molecular formula is C46H26N4O2. The Morgan fingerprint density at radius 3 is 1.60 bits per heavy atom. The maximum atomic E-state index is 6.45. The third-order valence-electron chi connectivity index (χ3n) is 10.6. The number of rotatable bonds is 3. The smallest absolute Gasteiger partial charge is 0.172 e. The predicted molar refractivity (Wildman–Crippen MR) is 211 cm³/mol. The van der Waals surface area contributed by atoms with Gasteiger partial charge in [-0.05, 0) is 60.7 Å². The first-order chi connectivity index (χ1) is 25.8. The van der Waals surface area contributed by atoms with Gasteiger partial charge in [-0.2, -0.15) is 0 Å². The first-order valence-corrected chi connectivity index (χ1v) is 17.4. The molecule has 0 aliphatic heterocycles. The molecule has 0 fully saturated rings. The molecule has 0 saturated carbocycles. The van der Waals surface area contributed by atoms with Crippen molar-refractivity contribution in [2.45, 2.75) is 0 Å². The summed E-state index contributed by atoms with van der Waals surface area (Å²) in [4.78, 5) is 10.4. The number of aromatic nitrogens is 4. The summed E-state index contributed by atoms with van der Waals surface area (Å²) in [5.74, 6) is 0.603. The molecule has 0 amide bonds. The van der Waals surface area contributed by atoms with Crippen LogP contribution in [0.5, 0.6) is 0 Å². The zero-order valence-electron chi connectivity index (χ0n) is 27.6. The van der Waals surface area contributed by atoms with E-state index in [2.05, 4.69) is 143 Å². The van der Waals surface area contributed by atoms with Crippen molar-refractivity contribution in [3.05, 3.63) is 158 Å². The second kappa shape index (κ2) is 10.2. The number of para-hydroxylation sites is 5. The molecule has 0 unspecified atom stereocenters. The Bertz CT molecular complexity index is 3330. The molecule has 0 aliphatic carbocycles. The first kappa shape index (κ1) is 27.6. The lowest BCUT2D eigenvalue weighted by molar-refractivity contribution is 0.666. The quantitative estimate of drug-likeness (QED) is 0.188. The van der Waals surface area contributed by atoms with Gasteiger partial charge in [0.15, 0.2) is 11.4 Å². The predicted octanol–water partition coefficient (Wildman–Crippen LogP) is 12.1. The maximum absolute atomic E-state index is 6.45. The van der Waals surface area contributed by atoms with Gasteiger partial charge in [-0.15, -0.1) is 0 Å². The minimum absolute atomic E-state index is 0.603. The number of furan rings is 2. The van der Waals surface area contributed by atoms with E-state index in [1.54, 1.807) is 0 Å². The Morgan fingerprint density at radius 2 is 0.942 bits per heavy atom. The third kappa shape index (κ3) is 3.67. The lowest BCUT2D eigenvalue weighted by Gasteiger charge is -2.14. The van der Waals surface area contributed by atoms with Crippen LogP contribution in [-0.2, 0) is 0 Å². The Hall–Kier alpha value is -7.18. The van der Waals surface area contributed by atoms with Crippen molar-refractivity contribution < 1.29 is 8.83 Å². The first-order valence-electron chi connectivity index (χ1n) is 17.4. The summed E-state index contributed by atoms with van der Waals surface area (Å²) in [6.07, 6.45) is 1.81. The van der Waals surface area contributed by atoms with Crippen LogP contribution in [0.25, 0.3) is 110 Å². The fraction of sp³-hybridized carbons (Fsp3) is 0. The van der Waals surface area contributed by atoms with E-state index in [0.29, 0.717) is 11.4 Å². The second-order valence-corrected chi connectivity index (χ2v) is 13.4. The molecule has 0 N–H and O–H groups in total. The van der Waals surface area contributed by atoms with Gasteiger partial charge in [-0.1, -0.05) is 91.0 Å². The molecule has 0 aliphatic rings. The highest BCUT2D eigenvalue weighted by molar-refractivity contribution is 6.16. The Morgan fingerprint density at radius 1 is 0.423 bits per heavy atom. The van der Waals surface area contributed by atoms with Crippen LogP contribution in [0.2, 0.25) is 0 Å². The van der Waals surface area contributed by atoms with E-state index >= 15 is 0 Å². The van der Waals surface area contributed by atoms with Gasteiger partial charge < -0.3 is 18.0 Å². The van der Waals surface area contributed by atoms with Crippen LogP contribution in [0.4, 0.5) is 0 Å². The van der Waals surface area contributed by atoms with E-state index in [0.717, 1.165) is 77.4 Å². The van der Waals surface area contributed by atoms with E-state index in [1.807, 2.05) is 24.4 Å². The number of benzene rings is 7. The summed E-state index contributed by atoms with van der Waals surface area (Å²) < 4.78 is 17.5. The second-order valence-electron chi connectivity index (χ2n) is 13.4. The van der Waals surface area contributed by atoms with Gasteiger partial charge in [-0.25, -0.2) is 9.97 Å². The van der Waals surface area contributed by atoms with Crippen molar-refractivity contribution in [2.24, 2.45) is 0 Å². The van der Waals surface area contributed by atoms with E-state index in [1.165, 1.54) is 21.5 Å². The fourth-order valence-electron chi connectivity index (χ4n) is 8.41. The van der Waals surface area contributed by atoms with Crippen LogP contribution < -0.4 is 0 Å². The zero-order chi connectivity index (χ0) is 33.9. The van der Waals surface area contributed by atoms with Gasteiger partial charge in [0.2, 0.25) is 0 Å². The number of hydrogen-bond donors (Lipinski definition) is 0. The minimum Gasteiger partial charge on any atom is -0.456 e. The molecule has 242 valence electrons. The normalized spacial score (nSPS) is 12.2. The lowest BCUT2D eigenvalue weighted by atomic mass is 10.0. The molecule has 0 atom stereocenters. The van der Waals surface area contributed by atoms with Crippen LogP contribution in [-0.4, -0.2) is 19.1 Å². The average Bonchev–Trinajstić information content (AvgIpc) is 3.95. The molecule has 0 spiro atoms. The minimum atomic E-state index is 0.603. The molecule has 7 aromatic carbocycles. The molecule has 12 aromatic rings. The summed E-state index contributed by atoms with van der Waals surface area (Å²) in [5.41, 5.74) is 11.2. The fourth-order valence-corrected chi connectivity index (χ4v) is 8.41. The highest BCUT2D eigenvalue weighted by Crippen LogP contribution is 2.43. The molecule has 52 heavy (non-hydrogen) atoms. The van der Waals surface area contributed by atoms with E-state index < -0.39 is 0 Å². The Kier molecular flexibility index (Phi) is 5.41. The summed E-state index contributed by atoms with van der Waals surface area (Å²) in [7, 11) is 0. The van der Waals surface area contributed by atoms with Crippen LogP contribution >= 0.6 is 0 Å². The van der Waals surface area contributed by atoms with Crippen molar-refractivity contribution >= 4 is 87.6 Å². The van der Waals surface area contributed by atoms with E-state index in [-0.39, 0.29) is 0 Å². The lowest BCUT2D eigenvalue weighted by Crippen LogP contribution is -2.00. The third-order valence-corrected chi connectivity index (χ3v) is 10.6. The molecule has 6 nitrogen and oxygen atoms in total. The van der Waals surface area contributed by atoms with Gasteiger partial charge in [0, 0.05) is 43.4 Å². The average molecular weight is 667 g/mol. The van der Waals surface area contributed by atoms with Gasteiger partial charge in [0.1, 0.15) is 22.3 Å². The van der Waals surface area contributed by atoms with Crippen molar-refractivity contribution in [3.8, 4) is 22.8 Å². The summed E-state index contributed by atoms with van der Waals surface area (Å²) in [6.45, 7) is 0. The molecule has 12 rings (SSSR count). The van der Waals surface area contributed by atoms with Gasteiger partial charge in [0.25, 0.3) is 0 Å². The SMILES string of the molecule is c1ccc2c(c1)oc1ccc(-n3c4ccccc4c4ccccc43)c(-c3ncc4oc5ccc(-n6c7ccccc7c7ccccc76)cc5c4n3)c12. The maximum Gasteiger partial charge on any atom is 0.172 e. The Balaban J connectivity index is 1.17. The van der Waals surface area contributed by atoms with Crippen molar-refractivity contribution in [3.63, 3.8) is 0 Å². The molecule has 0 bridgehead atoms. The van der Waals surface area contributed by atoms with Gasteiger partial charge in [-0.3, -0.25) is 0 Å². The largest absolute Gasteiger partial charge is 0.456 e. The number of hydrogen-bond acceptors (Lipinski definition) is 4. The summed E-state index contributed by atoms with van der Waals surface area (Å²) >= 11 is 0. The van der Waals surface area contributed by atoms with Crippen molar-refractivity contribution in [2.75, 3.05) is 0 Å². The Labute approximate surface area is 295 Å². The molecule has 6 heteroatoms. The zero-order valence-corrected chi connectivity index (χ0v) is 27.6. The molecule has 5 aromatic heterocycles.